The zero-order valence-electron chi connectivity index (χ0n) is 17.2. The minimum absolute atomic E-state index is 0.157. The maximum Gasteiger partial charge on any atom is 0.231 e. The van der Waals surface area contributed by atoms with Gasteiger partial charge in [-0.3, -0.25) is 9.69 Å². The predicted octanol–water partition coefficient (Wildman–Crippen LogP) is 4.27. The molecule has 0 amide bonds. The molecule has 2 aliphatic rings. The summed E-state index contributed by atoms with van der Waals surface area (Å²) in [5.74, 6) is 3.45. The number of carbonyl (C=O) groups excluding carboxylic acids is 1. The molecule has 0 atom stereocenters. The molecule has 0 unspecified atom stereocenters. The van der Waals surface area contributed by atoms with E-state index in [1.807, 2.05) is 24.3 Å². The molecule has 0 N–H and O–H groups in total. The minimum atomic E-state index is -0.157. The van der Waals surface area contributed by atoms with E-state index in [1.165, 1.54) is 0 Å². The van der Waals surface area contributed by atoms with E-state index < -0.39 is 0 Å². The Kier molecular flexibility index (Phi) is 4.88. The molecular weight excluding hydrogens is 398 g/mol. The smallest absolute Gasteiger partial charge is 0.231 e. The summed E-state index contributed by atoms with van der Waals surface area (Å²) in [5, 5.41) is 0. The maximum absolute atomic E-state index is 13.0. The topological polar surface area (TPSA) is 70.4 Å². The monoisotopic (exact) mass is 419 g/mol. The molecule has 0 saturated heterocycles. The highest BCUT2D eigenvalue weighted by molar-refractivity contribution is 6.15. The van der Waals surface area contributed by atoms with Crippen LogP contribution in [0.25, 0.3) is 6.08 Å². The van der Waals surface area contributed by atoms with Crippen LogP contribution >= 0.6 is 0 Å². The highest BCUT2D eigenvalue weighted by Crippen LogP contribution is 2.42. The van der Waals surface area contributed by atoms with Crippen LogP contribution in [0.15, 0.2) is 58.9 Å². The van der Waals surface area contributed by atoms with Crippen molar-refractivity contribution in [1.29, 1.82) is 0 Å². The van der Waals surface area contributed by atoms with Crippen LogP contribution in [0.1, 0.15) is 27.2 Å². The van der Waals surface area contributed by atoms with Gasteiger partial charge in [0.25, 0.3) is 0 Å². The maximum atomic E-state index is 13.0. The molecule has 3 aromatic rings. The van der Waals surface area contributed by atoms with Crippen LogP contribution in [0.3, 0.4) is 0 Å². The van der Waals surface area contributed by atoms with Crippen LogP contribution in [0.4, 0.5) is 0 Å². The van der Waals surface area contributed by atoms with E-state index in [9.17, 15) is 4.79 Å². The number of ether oxygens (including phenoxy) is 4. The Morgan fingerprint density at radius 1 is 1.10 bits per heavy atom. The van der Waals surface area contributed by atoms with Crippen molar-refractivity contribution in [3.8, 4) is 23.0 Å². The minimum Gasteiger partial charge on any atom is -0.493 e. The lowest BCUT2D eigenvalue weighted by molar-refractivity contribution is 0.0810. The Morgan fingerprint density at radius 2 is 1.97 bits per heavy atom. The number of hydrogen-bond acceptors (Lipinski definition) is 7. The number of carbonyl (C=O) groups is 1. The number of nitrogens with zero attached hydrogens (tertiary/aromatic N) is 1. The molecule has 31 heavy (non-hydrogen) atoms. The highest BCUT2D eigenvalue weighted by Gasteiger charge is 2.33. The zero-order chi connectivity index (χ0) is 21.4. The van der Waals surface area contributed by atoms with Gasteiger partial charge in [0, 0.05) is 6.54 Å². The largest absolute Gasteiger partial charge is 0.493 e. The third kappa shape index (κ3) is 3.53. The summed E-state index contributed by atoms with van der Waals surface area (Å²) in [6.45, 7) is 1.64. The third-order valence-corrected chi connectivity index (χ3v) is 5.35. The van der Waals surface area contributed by atoms with E-state index in [0.29, 0.717) is 42.6 Å². The van der Waals surface area contributed by atoms with Gasteiger partial charge >= 0.3 is 0 Å². The van der Waals surface area contributed by atoms with Crippen LogP contribution in [-0.4, -0.2) is 31.6 Å². The Balaban J connectivity index is 1.43. The SMILES string of the molecule is COc1ccc(C=C2Oc3c(ccc4c3CN(Cc3ccco3)CO4)C2=O)cc1OC. The van der Waals surface area contributed by atoms with Crippen LogP contribution < -0.4 is 18.9 Å². The van der Waals surface area contributed by atoms with Gasteiger partial charge in [-0.05, 0) is 48.0 Å². The van der Waals surface area contributed by atoms with Gasteiger partial charge < -0.3 is 23.4 Å². The van der Waals surface area contributed by atoms with Gasteiger partial charge in [-0.1, -0.05) is 6.07 Å². The van der Waals surface area contributed by atoms with Crippen molar-refractivity contribution in [1.82, 2.24) is 4.90 Å². The second kappa shape index (κ2) is 7.85. The molecule has 0 aliphatic carbocycles. The summed E-state index contributed by atoms with van der Waals surface area (Å²) >= 11 is 0. The fourth-order valence-electron chi connectivity index (χ4n) is 3.82. The molecule has 0 radical (unpaired) electrons. The van der Waals surface area contributed by atoms with Gasteiger partial charge in [0.05, 0.1) is 38.2 Å². The molecule has 0 saturated carbocycles. The first-order chi connectivity index (χ1) is 15.2. The lowest BCUT2D eigenvalue weighted by Gasteiger charge is -2.29. The Bertz CT molecular complexity index is 1170. The van der Waals surface area contributed by atoms with Gasteiger partial charge in [-0.15, -0.1) is 0 Å². The van der Waals surface area contributed by atoms with Crippen LogP contribution in [0.2, 0.25) is 0 Å². The van der Waals surface area contributed by atoms with Crippen molar-refractivity contribution in [2.75, 3.05) is 21.0 Å². The van der Waals surface area contributed by atoms with Crippen molar-refractivity contribution in [2.45, 2.75) is 13.1 Å². The molecule has 0 spiro atoms. The lowest BCUT2D eigenvalue weighted by atomic mass is 10.0. The second-order valence-electron chi connectivity index (χ2n) is 7.31. The van der Waals surface area contributed by atoms with Crippen molar-refractivity contribution >= 4 is 11.9 Å². The first-order valence-electron chi connectivity index (χ1n) is 9.86. The van der Waals surface area contributed by atoms with E-state index in [-0.39, 0.29) is 11.5 Å². The summed E-state index contributed by atoms with van der Waals surface area (Å²) in [6.07, 6.45) is 3.36. The van der Waals surface area contributed by atoms with Gasteiger partial charge in [0.2, 0.25) is 5.78 Å². The number of rotatable bonds is 5. The molecule has 7 nitrogen and oxygen atoms in total. The first-order valence-corrected chi connectivity index (χ1v) is 9.86. The predicted molar refractivity (Wildman–Crippen MR) is 112 cm³/mol. The molecule has 158 valence electrons. The Morgan fingerprint density at radius 3 is 2.74 bits per heavy atom. The van der Waals surface area contributed by atoms with Gasteiger partial charge in [0.1, 0.15) is 24.0 Å². The Labute approximate surface area is 179 Å². The van der Waals surface area contributed by atoms with E-state index in [0.717, 1.165) is 22.6 Å². The lowest BCUT2D eigenvalue weighted by Crippen LogP contribution is -2.31. The first kappa shape index (κ1) is 19.3. The number of ketones is 1. The standard InChI is InChI=1S/C24H21NO6/c1-27-20-7-5-15(10-21(20)28-2)11-22-23(26)17-6-8-19-18(24(17)31-22)13-25(14-30-19)12-16-4-3-9-29-16/h3-11H,12-14H2,1-2H3. The fraction of sp³-hybridized carbons (Fsp3) is 0.208. The molecule has 0 bridgehead atoms. The number of furan rings is 1. The number of methoxy groups -OCH3 is 2. The van der Waals surface area contributed by atoms with Crippen molar-refractivity contribution in [2.24, 2.45) is 0 Å². The highest BCUT2D eigenvalue weighted by atomic mass is 16.5. The summed E-state index contributed by atoms with van der Waals surface area (Å²) in [5.41, 5.74) is 2.17. The number of benzene rings is 2. The van der Waals surface area contributed by atoms with Crippen molar-refractivity contribution in [3.05, 3.63) is 76.9 Å². The summed E-state index contributed by atoms with van der Waals surface area (Å²) in [4.78, 5) is 15.1. The van der Waals surface area contributed by atoms with Crippen LogP contribution in [0, 0.1) is 0 Å². The third-order valence-electron chi connectivity index (χ3n) is 5.35. The molecule has 3 heterocycles. The fourth-order valence-corrected chi connectivity index (χ4v) is 3.82. The average Bonchev–Trinajstić information content (AvgIpc) is 3.42. The van der Waals surface area contributed by atoms with E-state index in [4.69, 9.17) is 23.4 Å². The number of hydrogen-bond donors (Lipinski definition) is 0. The molecule has 0 fully saturated rings. The van der Waals surface area contributed by atoms with Gasteiger partial charge in [0.15, 0.2) is 17.3 Å². The molecule has 5 rings (SSSR count). The second-order valence-corrected chi connectivity index (χ2v) is 7.31. The number of Topliss-reactive ketones (excluding diaryl/α,β-unsaturated/α-hetero) is 1. The van der Waals surface area contributed by atoms with Crippen LogP contribution in [0.5, 0.6) is 23.0 Å². The average molecular weight is 419 g/mol. The van der Waals surface area contributed by atoms with E-state index in [1.54, 1.807) is 44.8 Å². The Hall–Kier alpha value is -3.71. The molecule has 7 heteroatoms. The number of fused-ring (bicyclic) bond motifs is 3. The van der Waals surface area contributed by atoms with E-state index >= 15 is 0 Å². The van der Waals surface area contributed by atoms with Gasteiger partial charge in [-0.25, -0.2) is 0 Å². The summed E-state index contributed by atoms with van der Waals surface area (Å²) < 4.78 is 28.0. The molecule has 2 aromatic carbocycles. The summed E-state index contributed by atoms with van der Waals surface area (Å²) in [6, 6.07) is 12.8. The quantitative estimate of drug-likeness (QED) is 0.572. The van der Waals surface area contributed by atoms with Crippen molar-refractivity contribution in [3.63, 3.8) is 0 Å². The summed E-state index contributed by atoms with van der Waals surface area (Å²) in [7, 11) is 3.15. The molecule has 2 aliphatic heterocycles. The van der Waals surface area contributed by atoms with Crippen LogP contribution in [-0.2, 0) is 13.1 Å². The van der Waals surface area contributed by atoms with Gasteiger partial charge in [-0.2, -0.15) is 0 Å². The molecule has 1 aromatic heterocycles. The normalized spacial score (nSPS) is 16.5. The molecular formula is C24H21NO6. The zero-order valence-corrected chi connectivity index (χ0v) is 17.2. The number of allylic oxidation sites excluding steroid dienone is 1. The van der Waals surface area contributed by atoms with Crippen molar-refractivity contribution < 1.29 is 28.2 Å². The van der Waals surface area contributed by atoms with E-state index in [2.05, 4.69) is 4.90 Å².